The molecule has 1 N–H and O–H groups in total. The molecule has 0 aromatic heterocycles. The van der Waals surface area contributed by atoms with Gasteiger partial charge >= 0.3 is 0 Å². The van der Waals surface area contributed by atoms with Crippen molar-refractivity contribution < 1.29 is 9.13 Å². The summed E-state index contributed by atoms with van der Waals surface area (Å²) in [6, 6.07) is 10.4. The largest absolute Gasteiger partial charge is 0.453 e. The molecule has 0 radical (unpaired) electrons. The van der Waals surface area contributed by atoms with Gasteiger partial charge in [0.25, 0.3) is 0 Å². The number of ether oxygens (including phenoxy) is 1. The number of benzene rings is 2. The van der Waals surface area contributed by atoms with Gasteiger partial charge in [-0.3, -0.25) is 0 Å². The standard InChI is InChI=1S/C15H14Br2FNO/c1-9(19-2)11-4-3-5-13(18)15(11)20-14-7-6-10(16)8-12(14)17/h3-9,19H,1-2H3. The fourth-order valence-electron chi connectivity index (χ4n) is 1.80. The Balaban J connectivity index is 2.42. The van der Waals surface area contributed by atoms with Crippen LogP contribution in [0, 0.1) is 5.82 Å². The molecular weight excluding hydrogens is 389 g/mol. The van der Waals surface area contributed by atoms with E-state index in [1.54, 1.807) is 12.1 Å². The molecule has 2 nitrogen and oxygen atoms in total. The molecule has 1 atom stereocenters. The van der Waals surface area contributed by atoms with Crippen LogP contribution in [0.25, 0.3) is 0 Å². The van der Waals surface area contributed by atoms with Gasteiger partial charge < -0.3 is 10.1 Å². The monoisotopic (exact) mass is 401 g/mol. The summed E-state index contributed by atoms with van der Waals surface area (Å²) in [4.78, 5) is 0. The molecule has 106 valence electrons. The number of hydrogen-bond donors (Lipinski definition) is 1. The molecule has 0 aliphatic heterocycles. The highest BCUT2D eigenvalue weighted by molar-refractivity contribution is 9.11. The summed E-state index contributed by atoms with van der Waals surface area (Å²) in [5.74, 6) is 0.444. The van der Waals surface area contributed by atoms with Gasteiger partial charge in [-0.25, -0.2) is 4.39 Å². The number of rotatable bonds is 4. The summed E-state index contributed by atoms with van der Waals surface area (Å²) in [7, 11) is 1.83. The zero-order valence-electron chi connectivity index (χ0n) is 11.1. The van der Waals surface area contributed by atoms with Crippen LogP contribution in [0.3, 0.4) is 0 Å². The van der Waals surface area contributed by atoms with Gasteiger partial charge in [0.15, 0.2) is 11.6 Å². The molecule has 20 heavy (non-hydrogen) atoms. The summed E-state index contributed by atoms with van der Waals surface area (Å²) in [6.45, 7) is 1.96. The topological polar surface area (TPSA) is 21.3 Å². The number of hydrogen-bond acceptors (Lipinski definition) is 2. The Morgan fingerprint density at radius 3 is 2.60 bits per heavy atom. The van der Waals surface area contributed by atoms with Crippen LogP contribution in [0.5, 0.6) is 11.5 Å². The van der Waals surface area contributed by atoms with Crippen molar-refractivity contribution in [3.63, 3.8) is 0 Å². The minimum absolute atomic E-state index is 0.00470. The summed E-state index contributed by atoms with van der Waals surface area (Å²) in [5, 5.41) is 3.09. The lowest BCUT2D eigenvalue weighted by Gasteiger charge is -2.17. The Morgan fingerprint density at radius 1 is 1.20 bits per heavy atom. The van der Waals surface area contributed by atoms with Gasteiger partial charge in [0.05, 0.1) is 4.47 Å². The van der Waals surface area contributed by atoms with Crippen molar-refractivity contribution in [1.82, 2.24) is 5.32 Å². The van der Waals surface area contributed by atoms with Gasteiger partial charge in [0.1, 0.15) is 5.75 Å². The van der Waals surface area contributed by atoms with Crippen LogP contribution < -0.4 is 10.1 Å². The maximum absolute atomic E-state index is 14.1. The zero-order valence-corrected chi connectivity index (χ0v) is 14.3. The van der Waals surface area contributed by atoms with Gasteiger partial charge in [-0.05, 0) is 54.2 Å². The minimum Gasteiger partial charge on any atom is -0.453 e. The molecule has 2 aromatic rings. The van der Waals surface area contributed by atoms with Crippen LogP contribution in [0.2, 0.25) is 0 Å². The second kappa shape index (κ2) is 6.70. The predicted octanol–water partition coefficient (Wildman–Crippen LogP) is 5.42. The van der Waals surface area contributed by atoms with Crippen molar-refractivity contribution in [2.24, 2.45) is 0 Å². The maximum Gasteiger partial charge on any atom is 0.167 e. The van der Waals surface area contributed by atoms with Crippen LogP contribution in [-0.2, 0) is 0 Å². The van der Waals surface area contributed by atoms with E-state index in [0.717, 1.165) is 14.5 Å². The first-order valence-electron chi connectivity index (χ1n) is 6.11. The normalized spacial score (nSPS) is 12.2. The van der Waals surface area contributed by atoms with Gasteiger partial charge in [-0.15, -0.1) is 0 Å². The van der Waals surface area contributed by atoms with Gasteiger partial charge in [-0.1, -0.05) is 28.1 Å². The molecule has 2 rings (SSSR count). The van der Waals surface area contributed by atoms with E-state index in [2.05, 4.69) is 37.2 Å². The minimum atomic E-state index is -0.376. The molecule has 0 spiro atoms. The average molecular weight is 403 g/mol. The van der Waals surface area contributed by atoms with E-state index < -0.39 is 0 Å². The molecule has 5 heteroatoms. The third kappa shape index (κ3) is 3.40. The average Bonchev–Trinajstić information content (AvgIpc) is 2.42. The summed E-state index contributed by atoms with van der Waals surface area (Å²) >= 11 is 6.79. The van der Waals surface area contributed by atoms with Crippen LogP contribution in [0.15, 0.2) is 45.3 Å². The van der Waals surface area contributed by atoms with E-state index in [4.69, 9.17) is 4.74 Å². The zero-order chi connectivity index (χ0) is 14.7. The van der Waals surface area contributed by atoms with Crippen molar-refractivity contribution in [2.75, 3.05) is 7.05 Å². The highest BCUT2D eigenvalue weighted by Crippen LogP contribution is 2.36. The highest BCUT2D eigenvalue weighted by atomic mass is 79.9. The molecule has 0 saturated carbocycles. The smallest absolute Gasteiger partial charge is 0.167 e. The molecule has 0 heterocycles. The molecule has 0 aliphatic carbocycles. The Morgan fingerprint density at radius 2 is 1.95 bits per heavy atom. The van der Waals surface area contributed by atoms with Crippen molar-refractivity contribution in [3.8, 4) is 11.5 Å². The van der Waals surface area contributed by atoms with E-state index in [1.165, 1.54) is 6.07 Å². The fourth-order valence-corrected chi connectivity index (χ4v) is 2.93. The van der Waals surface area contributed by atoms with Gasteiger partial charge in [0.2, 0.25) is 0 Å². The van der Waals surface area contributed by atoms with Gasteiger partial charge in [0, 0.05) is 16.1 Å². The van der Waals surface area contributed by atoms with E-state index >= 15 is 0 Å². The molecule has 2 aromatic carbocycles. The summed E-state index contributed by atoms with van der Waals surface area (Å²) < 4.78 is 21.5. The Bertz CT molecular complexity index is 619. The first kappa shape index (κ1) is 15.5. The second-order valence-electron chi connectivity index (χ2n) is 4.35. The third-order valence-electron chi connectivity index (χ3n) is 3.00. The molecular formula is C15H14Br2FNO. The van der Waals surface area contributed by atoms with Crippen molar-refractivity contribution >= 4 is 31.9 Å². The quantitative estimate of drug-likeness (QED) is 0.736. The van der Waals surface area contributed by atoms with Crippen LogP contribution >= 0.6 is 31.9 Å². The first-order chi connectivity index (χ1) is 9.52. The first-order valence-corrected chi connectivity index (χ1v) is 7.70. The van der Waals surface area contributed by atoms with E-state index in [1.807, 2.05) is 32.2 Å². The van der Waals surface area contributed by atoms with Crippen LogP contribution in [-0.4, -0.2) is 7.05 Å². The number of nitrogens with one attached hydrogen (secondary N) is 1. The van der Waals surface area contributed by atoms with E-state index in [9.17, 15) is 4.39 Å². The van der Waals surface area contributed by atoms with Crippen LogP contribution in [0.1, 0.15) is 18.5 Å². The lowest BCUT2D eigenvalue weighted by atomic mass is 10.1. The molecule has 0 saturated heterocycles. The van der Waals surface area contributed by atoms with Gasteiger partial charge in [-0.2, -0.15) is 0 Å². The molecule has 0 amide bonds. The molecule has 0 bridgehead atoms. The predicted molar refractivity (Wildman–Crippen MR) is 85.8 cm³/mol. The molecule has 1 unspecified atom stereocenters. The SMILES string of the molecule is CNC(C)c1cccc(F)c1Oc1ccc(Br)cc1Br. The lowest BCUT2D eigenvalue weighted by Crippen LogP contribution is -2.13. The third-order valence-corrected chi connectivity index (χ3v) is 4.12. The van der Waals surface area contributed by atoms with Crippen molar-refractivity contribution in [2.45, 2.75) is 13.0 Å². The maximum atomic E-state index is 14.1. The van der Waals surface area contributed by atoms with Crippen molar-refractivity contribution in [3.05, 3.63) is 56.7 Å². The number of halogens is 3. The molecule has 0 fully saturated rings. The lowest BCUT2D eigenvalue weighted by molar-refractivity contribution is 0.426. The highest BCUT2D eigenvalue weighted by Gasteiger charge is 2.16. The van der Waals surface area contributed by atoms with Crippen molar-refractivity contribution in [1.29, 1.82) is 0 Å². The fraction of sp³-hybridized carbons (Fsp3) is 0.200. The summed E-state index contributed by atoms with van der Waals surface area (Å²) in [6.07, 6.45) is 0. The second-order valence-corrected chi connectivity index (χ2v) is 6.12. The van der Waals surface area contributed by atoms with E-state index in [-0.39, 0.29) is 17.6 Å². The Hall–Kier alpha value is -0.910. The summed E-state index contributed by atoms with van der Waals surface area (Å²) in [5.41, 5.74) is 0.780. The van der Waals surface area contributed by atoms with Crippen LogP contribution in [0.4, 0.5) is 4.39 Å². The Labute approximate surface area is 134 Å². The van der Waals surface area contributed by atoms with E-state index in [0.29, 0.717) is 5.75 Å². The molecule has 0 aliphatic rings. The number of para-hydroxylation sites is 1. The Kier molecular flexibility index (Phi) is 5.18.